The summed E-state index contributed by atoms with van der Waals surface area (Å²) in [6.07, 6.45) is 3.33. The summed E-state index contributed by atoms with van der Waals surface area (Å²) >= 11 is 0. The highest BCUT2D eigenvalue weighted by molar-refractivity contribution is 7.84. The van der Waals surface area contributed by atoms with E-state index in [1.165, 1.54) is 12.3 Å². The fraction of sp³-hybridized carbons (Fsp3) is 0.667. The zero-order valence-corrected chi connectivity index (χ0v) is 16.6. The summed E-state index contributed by atoms with van der Waals surface area (Å²) in [5, 5.41) is 0. The number of hydrogen-bond donors (Lipinski definition) is 1. The minimum absolute atomic E-state index is 0.153. The van der Waals surface area contributed by atoms with Crippen molar-refractivity contribution in [3.8, 4) is 0 Å². The Bertz CT molecular complexity index is 665. The lowest BCUT2D eigenvalue weighted by Gasteiger charge is -2.26. The van der Waals surface area contributed by atoms with Gasteiger partial charge in [-0.1, -0.05) is 0 Å². The number of hydrogen-bond acceptors (Lipinski definition) is 3. The van der Waals surface area contributed by atoms with Crippen LogP contribution in [0.15, 0.2) is 12.3 Å². The van der Waals surface area contributed by atoms with E-state index < -0.39 is 27.6 Å². The van der Waals surface area contributed by atoms with E-state index >= 15 is 0 Å². The Labute approximate surface area is 152 Å². The number of carbonyl (C=O) groups is 1. The first-order valence-electron chi connectivity index (χ1n) is 8.68. The molecule has 1 aliphatic heterocycles. The predicted molar refractivity (Wildman–Crippen MR) is 98.0 cm³/mol. The summed E-state index contributed by atoms with van der Waals surface area (Å²) in [7, 11) is -1.33. The summed E-state index contributed by atoms with van der Waals surface area (Å²) in [4.78, 5) is 18.6. The number of nitrogens with one attached hydrogen (secondary N) is 1. The monoisotopic (exact) mass is 369 g/mol. The number of rotatable bonds is 4. The largest absolute Gasteiger partial charge is 0.333 e. The van der Waals surface area contributed by atoms with Crippen LogP contribution in [0.25, 0.3) is 0 Å². The SMILES string of the molecule is C[C@@H]1CC[C@H](C)N1C(=O)c1cnc([C@@H](C)NS(=O)C(C)(C)C)c(F)c1. The second-order valence-electron chi connectivity index (χ2n) is 7.80. The van der Waals surface area contributed by atoms with Crippen LogP contribution in [0.5, 0.6) is 0 Å². The van der Waals surface area contributed by atoms with Crippen molar-refractivity contribution in [1.29, 1.82) is 0 Å². The van der Waals surface area contributed by atoms with E-state index in [4.69, 9.17) is 0 Å². The third kappa shape index (κ3) is 4.44. The Kier molecular flexibility index (Phi) is 5.99. The molecule has 2 rings (SSSR count). The highest BCUT2D eigenvalue weighted by atomic mass is 32.2. The molecule has 140 valence electrons. The molecule has 4 atom stereocenters. The average Bonchev–Trinajstić information content (AvgIpc) is 2.84. The summed E-state index contributed by atoms with van der Waals surface area (Å²) < 4.78 is 29.1. The number of pyridine rings is 1. The van der Waals surface area contributed by atoms with Crippen LogP contribution >= 0.6 is 0 Å². The molecule has 1 saturated heterocycles. The minimum atomic E-state index is -1.33. The van der Waals surface area contributed by atoms with Gasteiger partial charge in [-0.05, 0) is 60.5 Å². The maximum absolute atomic E-state index is 14.5. The van der Waals surface area contributed by atoms with Gasteiger partial charge in [0.05, 0.1) is 33.0 Å². The number of halogens is 1. The quantitative estimate of drug-likeness (QED) is 0.885. The molecular weight excluding hydrogens is 341 g/mol. The van der Waals surface area contributed by atoms with Crippen molar-refractivity contribution in [2.75, 3.05) is 0 Å². The van der Waals surface area contributed by atoms with Crippen molar-refractivity contribution in [3.63, 3.8) is 0 Å². The molecule has 0 aromatic carbocycles. The zero-order valence-electron chi connectivity index (χ0n) is 15.8. The van der Waals surface area contributed by atoms with Crippen LogP contribution in [0.4, 0.5) is 4.39 Å². The smallest absolute Gasteiger partial charge is 0.256 e. The molecular formula is C18H28FN3O2S. The first-order valence-corrected chi connectivity index (χ1v) is 9.83. The maximum Gasteiger partial charge on any atom is 0.256 e. The number of carbonyl (C=O) groups excluding carboxylic acids is 1. The topological polar surface area (TPSA) is 62.3 Å². The van der Waals surface area contributed by atoms with E-state index in [-0.39, 0.29) is 29.2 Å². The van der Waals surface area contributed by atoms with Crippen LogP contribution in [0.1, 0.15) is 76.5 Å². The molecule has 1 aromatic rings. The van der Waals surface area contributed by atoms with Gasteiger partial charge in [0.25, 0.3) is 5.91 Å². The first-order chi connectivity index (χ1) is 11.5. The molecule has 7 heteroatoms. The number of aromatic nitrogens is 1. The third-order valence-corrected chi connectivity index (χ3v) is 6.23. The Morgan fingerprint density at radius 3 is 2.40 bits per heavy atom. The van der Waals surface area contributed by atoms with Gasteiger partial charge < -0.3 is 4.90 Å². The summed E-state index contributed by atoms with van der Waals surface area (Å²) in [6, 6.07) is 1.02. The van der Waals surface area contributed by atoms with Gasteiger partial charge in [0.15, 0.2) is 0 Å². The van der Waals surface area contributed by atoms with Gasteiger partial charge in [-0.15, -0.1) is 0 Å². The van der Waals surface area contributed by atoms with Crippen molar-refractivity contribution < 1.29 is 13.4 Å². The van der Waals surface area contributed by atoms with E-state index in [1.54, 1.807) is 11.8 Å². The molecule has 1 aliphatic rings. The molecule has 1 unspecified atom stereocenters. The molecule has 0 aliphatic carbocycles. The second kappa shape index (κ2) is 7.50. The molecule has 1 N–H and O–H groups in total. The highest BCUT2D eigenvalue weighted by Crippen LogP contribution is 2.26. The Morgan fingerprint density at radius 1 is 1.36 bits per heavy atom. The predicted octanol–water partition coefficient (Wildman–Crippen LogP) is 3.35. The van der Waals surface area contributed by atoms with E-state index in [1.807, 2.05) is 34.6 Å². The molecule has 2 heterocycles. The number of nitrogens with zero attached hydrogens (tertiary/aromatic N) is 2. The number of amides is 1. The summed E-state index contributed by atoms with van der Waals surface area (Å²) in [5.74, 6) is -0.745. The minimum Gasteiger partial charge on any atom is -0.333 e. The Balaban J connectivity index is 2.18. The van der Waals surface area contributed by atoms with Crippen LogP contribution in [0.3, 0.4) is 0 Å². The van der Waals surface area contributed by atoms with Crippen molar-refractivity contribution in [2.45, 2.75) is 77.3 Å². The molecule has 1 aromatic heterocycles. The van der Waals surface area contributed by atoms with Gasteiger partial charge in [-0.3, -0.25) is 9.78 Å². The Morgan fingerprint density at radius 2 is 1.92 bits per heavy atom. The summed E-state index contributed by atoms with van der Waals surface area (Å²) in [6.45, 7) is 11.2. The van der Waals surface area contributed by atoms with Crippen LogP contribution < -0.4 is 4.72 Å². The molecule has 0 saturated carbocycles. The van der Waals surface area contributed by atoms with E-state index in [9.17, 15) is 13.4 Å². The van der Waals surface area contributed by atoms with Crippen LogP contribution in [-0.2, 0) is 11.0 Å². The van der Waals surface area contributed by atoms with Gasteiger partial charge >= 0.3 is 0 Å². The van der Waals surface area contributed by atoms with Crippen molar-refractivity contribution in [3.05, 3.63) is 29.3 Å². The molecule has 25 heavy (non-hydrogen) atoms. The second-order valence-corrected chi connectivity index (χ2v) is 9.80. The summed E-state index contributed by atoms with van der Waals surface area (Å²) in [5.41, 5.74) is 0.419. The molecule has 5 nitrogen and oxygen atoms in total. The maximum atomic E-state index is 14.5. The Hall–Kier alpha value is -1.34. The molecule has 1 amide bonds. The van der Waals surface area contributed by atoms with E-state index in [2.05, 4.69) is 9.71 Å². The zero-order chi connectivity index (χ0) is 18.9. The van der Waals surface area contributed by atoms with Crippen LogP contribution in [-0.4, -0.2) is 36.8 Å². The van der Waals surface area contributed by atoms with E-state index in [0.29, 0.717) is 0 Å². The standard InChI is InChI=1S/C18H28FN3O2S/c1-11-7-8-12(2)22(11)17(23)14-9-15(19)16(20-10-14)13(3)21-25(24)18(4,5)6/h9-13,21H,7-8H2,1-6H3/t11-,12+,13-,25?/m1/s1. The van der Waals surface area contributed by atoms with Crippen molar-refractivity contribution in [1.82, 2.24) is 14.6 Å². The van der Waals surface area contributed by atoms with Gasteiger partial charge in [0, 0.05) is 18.3 Å². The van der Waals surface area contributed by atoms with Gasteiger partial charge in [0.1, 0.15) is 5.82 Å². The lowest BCUT2D eigenvalue weighted by Crippen LogP contribution is -2.38. The third-order valence-electron chi connectivity index (χ3n) is 4.55. The van der Waals surface area contributed by atoms with Crippen molar-refractivity contribution >= 4 is 16.9 Å². The molecule has 0 bridgehead atoms. The fourth-order valence-corrected chi connectivity index (χ4v) is 3.81. The van der Waals surface area contributed by atoms with Gasteiger partial charge in [-0.25, -0.2) is 13.3 Å². The average molecular weight is 370 g/mol. The highest BCUT2D eigenvalue weighted by Gasteiger charge is 2.32. The first kappa shape index (κ1) is 20.0. The van der Waals surface area contributed by atoms with Crippen LogP contribution in [0, 0.1) is 5.82 Å². The molecule has 0 spiro atoms. The van der Waals surface area contributed by atoms with Gasteiger partial charge in [0.2, 0.25) is 0 Å². The lowest BCUT2D eigenvalue weighted by molar-refractivity contribution is 0.0691. The number of likely N-dealkylation sites (tertiary alicyclic amines) is 1. The van der Waals surface area contributed by atoms with Crippen LogP contribution in [0.2, 0.25) is 0 Å². The fourth-order valence-electron chi connectivity index (χ4n) is 3.02. The van der Waals surface area contributed by atoms with Crippen molar-refractivity contribution in [2.24, 2.45) is 0 Å². The molecule has 0 radical (unpaired) electrons. The molecule has 1 fully saturated rings. The normalized spacial score (nSPS) is 23.6. The van der Waals surface area contributed by atoms with Gasteiger partial charge in [-0.2, -0.15) is 0 Å². The van der Waals surface area contributed by atoms with E-state index in [0.717, 1.165) is 12.8 Å². The lowest BCUT2D eigenvalue weighted by atomic mass is 10.1.